The van der Waals surface area contributed by atoms with Crippen LogP contribution in [0.1, 0.15) is 113 Å². The van der Waals surface area contributed by atoms with Gasteiger partial charge in [-0.3, -0.25) is 4.79 Å². The van der Waals surface area contributed by atoms with Crippen molar-refractivity contribution in [2.45, 2.75) is 113 Å². The minimum Gasteiger partial charge on any atom is -0.481 e. The Hall–Kier alpha value is -0.530. The van der Waals surface area contributed by atoms with Gasteiger partial charge in [0.15, 0.2) is 0 Å². The molecular formula is C29H48O2. The molecule has 0 aromatic rings. The van der Waals surface area contributed by atoms with E-state index >= 15 is 0 Å². The van der Waals surface area contributed by atoms with E-state index in [9.17, 15) is 9.90 Å². The zero-order chi connectivity index (χ0) is 22.6. The lowest BCUT2D eigenvalue weighted by atomic mass is 9.34. The Balaban J connectivity index is 1.57. The second kappa shape index (κ2) is 6.53. The molecule has 1 N–H and O–H groups in total. The monoisotopic (exact) mass is 428 g/mol. The fourth-order valence-electron chi connectivity index (χ4n) is 11.5. The first-order chi connectivity index (χ1) is 14.3. The Kier molecular flexibility index (Phi) is 4.69. The molecule has 0 unspecified atom stereocenters. The third-order valence-corrected chi connectivity index (χ3v) is 13.3. The first kappa shape index (κ1) is 22.3. The maximum absolute atomic E-state index is 12.7. The number of hydrogen-bond acceptors (Lipinski definition) is 1. The Labute approximate surface area is 191 Å². The van der Waals surface area contributed by atoms with E-state index < -0.39 is 11.4 Å². The van der Waals surface area contributed by atoms with Crippen molar-refractivity contribution in [1.82, 2.24) is 0 Å². The Morgan fingerprint density at radius 3 is 2.13 bits per heavy atom. The van der Waals surface area contributed by atoms with Gasteiger partial charge in [-0.25, -0.2) is 0 Å². The molecule has 9 atom stereocenters. The quantitative estimate of drug-likeness (QED) is 0.487. The highest BCUT2D eigenvalue weighted by Gasteiger charge is 2.72. The highest BCUT2D eigenvalue weighted by Crippen LogP contribution is 2.78. The molecule has 176 valence electrons. The molecular weight excluding hydrogens is 380 g/mol. The van der Waals surface area contributed by atoms with Crippen LogP contribution in [0.2, 0.25) is 0 Å². The van der Waals surface area contributed by atoms with Gasteiger partial charge in [0.2, 0.25) is 0 Å². The topological polar surface area (TPSA) is 37.3 Å². The van der Waals surface area contributed by atoms with Gasteiger partial charge in [0.1, 0.15) is 0 Å². The standard InChI is InChI=1S/C29H48O2/c1-18(2)19-10-13-29(24(30)31)17-16-27(6)20(23(19)29)8-9-22-26(5)15-14-25(3,4)21(26)11-12-28(22,27)7/h18-23H,8-17H2,1-7H3,(H,30,31)/t19-,20+,21-,22+,23+,26-,27+,28+,29-/m0/s1. The third-order valence-electron chi connectivity index (χ3n) is 13.3. The summed E-state index contributed by atoms with van der Waals surface area (Å²) < 4.78 is 0. The van der Waals surface area contributed by atoms with Crippen molar-refractivity contribution in [3.05, 3.63) is 0 Å². The molecule has 0 spiro atoms. The van der Waals surface area contributed by atoms with E-state index in [4.69, 9.17) is 0 Å². The Morgan fingerprint density at radius 2 is 1.48 bits per heavy atom. The molecule has 0 radical (unpaired) electrons. The lowest BCUT2D eigenvalue weighted by Gasteiger charge is -2.70. The number of hydrogen-bond donors (Lipinski definition) is 1. The SMILES string of the molecule is CC(C)[C@@H]1CC[C@]2(C(=O)O)CC[C@]3(C)[C@H](CC[C@@H]4[C@@]5(C)CCC(C)(C)[C@@H]5CC[C@]43C)[C@@H]12. The van der Waals surface area contributed by atoms with Crippen LogP contribution in [0, 0.1) is 62.6 Å². The fraction of sp³-hybridized carbons (Fsp3) is 0.966. The predicted molar refractivity (Wildman–Crippen MR) is 127 cm³/mol. The highest BCUT2D eigenvalue weighted by molar-refractivity contribution is 5.76. The summed E-state index contributed by atoms with van der Waals surface area (Å²) in [7, 11) is 0. The van der Waals surface area contributed by atoms with Crippen molar-refractivity contribution in [2.75, 3.05) is 0 Å². The molecule has 2 heteroatoms. The van der Waals surface area contributed by atoms with Crippen LogP contribution in [0.25, 0.3) is 0 Å². The van der Waals surface area contributed by atoms with E-state index in [1.165, 1.54) is 38.5 Å². The summed E-state index contributed by atoms with van der Waals surface area (Å²) >= 11 is 0. The van der Waals surface area contributed by atoms with Gasteiger partial charge in [0.05, 0.1) is 5.41 Å². The highest BCUT2D eigenvalue weighted by atomic mass is 16.4. The molecule has 5 aliphatic rings. The Morgan fingerprint density at radius 1 is 0.774 bits per heavy atom. The number of carbonyl (C=O) groups is 1. The van der Waals surface area contributed by atoms with Crippen LogP contribution in [0.15, 0.2) is 0 Å². The lowest BCUT2D eigenvalue weighted by molar-refractivity contribution is -0.223. The number of fused-ring (bicyclic) bond motifs is 7. The second-order valence-electron chi connectivity index (χ2n) is 14.6. The van der Waals surface area contributed by atoms with Crippen molar-refractivity contribution >= 4 is 5.97 Å². The zero-order valence-electron chi connectivity index (χ0n) is 21.4. The minimum atomic E-state index is -0.469. The van der Waals surface area contributed by atoms with Gasteiger partial charge >= 0.3 is 5.97 Å². The zero-order valence-corrected chi connectivity index (χ0v) is 21.4. The summed E-state index contributed by atoms with van der Waals surface area (Å²) in [5, 5.41) is 10.5. The van der Waals surface area contributed by atoms with E-state index in [2.05, 4.69) is 48.5 Å². The molecule has 5 aliphatic carbocycles. The summed E-state index contributed by atoms with van der Waals surface area (Å²) in [6.45, 7) is 17.7. The second-order valence-corrected chi connectivity index (χ2v) is 14.6. The van der Waals surface area contributed by atoms with E-state index in [1.54, 1.807) is 0 Å². The van der Waals surface area contributed by atoms with Crippen LogP contribution in [-0.4, -0.2) is 11.1 Å². The van der Waals surface area contributed by atoms with E-state index in [1.807, 2.05) is 0 Å². The largest absolute Gasteiger partial charge is 0.481 e. The van der Waals surface area contributed by atoms with Crippen molar-refractivity contribution in [3.63, 3.8) is 0 Å². The summed E-state index contributed by atoms with van der Waals surface area (Å²) in [6.07, 6.45) is 12.3. The smallest absolute Gasteiger partial charge is 0.309 e. The molecule has 0 heterocycles. The summed E-state index contributed by atoms with van der Waals surface area (Å²) in [5.41, 5.74) is 1.22. The molecule has 0 saturated heterocycles. The maximum Gasteiger partial charge on any atom is 0.309 e. The average molecular weight is 429 g/mol. The van der Waals surface area contributed by atoms with Gasteiger partial charge in [0.25, 0.3) is 0 Å². The summed E-state index contributed by atoms with van der Waals surface area (Å²) in [5.74, 6) is 3.41. The molecule has 5 rings (SSSR count). The third kappa shape index (κ3) is 2.55. The molecule has 0 aliphatic heterocycles. The number of carboxylic acids is 1. The average Bonchev–Trinajstić information content (AvgIpc) is 3.19. The first-order valence-corrected chi connectivity index (χ1v) is 13.6. The van der Waals surface area contributed by atoms with Crippen molar-refractivity contribution < 1.29 is 9.90 Å². The first-order valence-electron chi connectivity index (χ1n) is 13.6. The predicted octanol–water partition coefficient (Wildman–Crippen LogP) is 7.81. The van der Waals surface area contributed by atoms with Gasteiger partial charge < -0.3 is 5.11 Å². The van der Waals surface area contributed by atoms with Crippen molar-refractivity contribution in [2.24, 2.45) is 62.6 Å². The van der Waals surface area contributed by atoms with Gasteiger partial charge in [0, 0.05) is 0 Å². The van der Waals surface area contributed by atoms with E-state index in [0.29, 0.717) is 45.3 Å². The normalized spacial score (nSPS) is 55.3. The Bertz CT molecular complexity index is 769. The number of aliphatic carboxylic acids is 1. The lowest BCUT2D eigenvalue weighted by Crippen LogP contribution is -2.64. The van der Waals surface area contributed by atoms with Gasteiger partial charge in [-0.2, -0.15) is 0 Å². The van der Waals surface area contributed by atoms with Crippen LogP contribution < -0.4 is 0 Å². The fourth-order valence-corrected chi connectivity index (χ4v) is 11.5. The molecule has 5 saturated carbocycles. The van der Waals surface area contributed by atoms with E-state index in [-0.39, 0.29) is 0 Å². The number of rotatable bonds is 2. The van der Waals surface area contributed by atoms with Crippen LogP contribution >= 0.6 is 0 Å². The van der Waals surface area contributed by atoms with Crippen LogP contribution in [-0.2, 0) is 4.79 Å². The van der Waals surface area contributed by atoms with Crippen LogP contribution in [0.3, 0.4) is 0 Å². The van der Waals surface area contributed by atoms with Crippen molar-refractivity contribution in [1.29, 1.82) is 0 Å². The maximum atomic E-state index is 12.7. The summed E-state index contributed by atoms with van der Waals surface area (Å²) in [6, 6.07) is 0. The summed E-state index contributed by atoms with van der Waals surface area (Å²) in [4.78, 5) is 12.7. The van der Waals surface area contributed by atoms with Gasteiger partial charge in [-0.15, -0.1) is 0 Å². The molecule has 0 amide bonds. The number of carboxylic acid groups (broad SMARTS) is 1. The van der Waals surface area contributed by atoms with Crippen LogP contribution in [0.5, 0.6) is 0 Å². The molecule has 0 aromatic carbocycles. The molecule has 0 aromatic heterocycles. The van der Waals surface area contributed by atoms with Gasteiger partial charge in [-0.1, -0.05) is 48.5 Å². The molecule has 2 nitrogen and oxygen atoms in total. The molecule has 0 bridgehead atoms. The van der Waals surface area contributed by atoms with E-state index in [0.717, 1.165) is 37.5 Å². The molecule has 5 fully saturated rings. The van der Waals surface area contributed by atoms with Gasteiger partial charge in [-0.05, 0) is 121 Å². The minimum absolute atomic E-state index is 0.303. The molecule has 31 heavy (non-hydrogen) atoms. The van der Waals surface area contributed by atoms with Crippen LogP contribution in [0.4, 0.5) is 0 Å². The van der Waals surface area contributed by atoms with Crippen molar-refractivity contribution in [3.8, 4) is 0 Å².